The van der Waals surface area contributed by atoms with Crippen LogP contribution in [0.25, 0.3) is 0 Å². The van der Waals surface area contributed by atoms with Gasteiger partial charge in [0.25, 0.3) is 0 Å². The van der Waals surface area contributed by atoms with Crippen LogP contribution in [0.1, 0.15) is 6.42 Å². The van der Waals surface area contributed by atoms with E-state index < -0.39 is 0 Å². The van der Waals surface area contributed by atoms with Crippen molar-refractivity contribution in [1.82, 2.24) is 14.7 Å². The van der Waals surface area contributed by atoms with Crippen molar-refractivity contribution in [3.63, 3.8) is 0 Å². The van der Waals surface area contributed by atoms with Gasteiger partial charge in [0.05, 0.1) is 0 Å². The van der Waals surface area contributed by atoms with Crippen molar-refractivity contribution >= 4 is 11.6 Å². The molecule has 0 aliphatic carbocycles. The van der Waals surface area contributed by atoms with E-state index in [1.165, 1.54) is 45.8 Å². The Hall–Kier alpha value is 0.170. The predicted molar refractivity (Wildman–Crippen MR) is 66.8 cm³/mol. The highest BCUT2D eigenvalue weighted by Gasteiger charge is 2.15. The van der Waals surface area contributed by atoms with Crippen LogP contribution in [0.15, 0.2) is 0 Å². The Morgan fingerprint density at radius 3 is 2.00 bits per heavy atom. The molecule has 1 rings (SSSR count). The number of piperazine rings is 1. The van der Waals surface area contributed by atoms with Gasteiger partial charge < -0.3 is 9.80 Å². The Morgan fingerprint density at radius 2 is 1.53 bits per heavy atom. The molecule has 90 valence electrons. The molecule has 0 unspecified atom stereocenters. The lowest BCUT2D eigenvalue weighted by Crippen LogP contribution is -2.48. The van der Waals surface area contributed by atoms with E-state index in [2.05, 4.69) is 28.8 Å². The molecule has 0 N–H and O–H groups in total. The van der Waals surface area contributed by atoms with E-state index in [-0.39, 0.29) is 0 Å². The Labute approximate surface area is 99.0 Å². The normalized spacial score (nSPS) is 20.0. The minimum atomic E-state index is 0.793. The first-order valence-corrected chi connectivity index (χ1v) is 6.41. The summed E-state index contributed by atoms with van der Waals surface area (Å²) in [4.78, 5) is 7.33. The third kappa shape index (κ3) is 5.71. The van der Waals surface area contributed by atoms with Crippen LogP contribution >= 0.6 is 11.6 Å². The van der Waals surface area contributed by atoms with Crippen molar-refractivity contribution in [1.29, 1.82) is 0 Å². The summed E-state index contributed by atoms with van der Waals surface area (Å²) in [5.74, 6) is 0.793. The first-order chi connectivity index (χ1) is 7.22. The largest absolute Gasteiger partial charge is 0.308 e. The van der Waals surface area contributed by atoms with Crippen LogP contribution in [-0.4, -0.2) is 80.5 Å². The predicted octanol–water partition coefficient (Wildman–Crippen LogP) is 0.794. The maximum Gasteiger partial charge on any atom is 0.0235 e. The number of halogens is 1. The van der Waals surface area contributed by atoms with E-state index in [1.54, 1.807) is 0 Å². The number of rotatable bonds is 6. The lowest BCUT2D eigenvalue weighted by atomic mass is 10.3. The summed E-state index contributed by atoms with van der Waals surface area (Å²) in [6.07, 6.45) is 1.12. The van der Waals surface area contributed by atoms with Crippen LogP contribution in [-0.2, 0) is 0 Å². The standard InChI is InChI=1S/C11H24ClN3/c1-13(2)6-7-15-10-8-14(9-11-15)5-3-4-12/h3-11H2,1-2H3. The third-order valence-electron chi connectivity index (χ3n) is 2.94. The zero-order valence-corrected chi connectivity index (χ0v) is 10.8. The van der Waals surface area contributed by atoms with Gasteiger partial charge in [0.1, 0.15) is 0 Å². The molecule has 1 fully saturated rings. The van der Waals surface area contributed by atoms with E-state index in [9.17, 15) is 0 Å². The van der Waals surface area contributed by atoms with Crippen LogP contribution in [0, 0.1) is 0 Å². The summed E-state index contributed by atoms with van der Waals surface area (Å²) < 4.78 is 0. The number of alkyl halides is 1. The molecule has 1 saturated heterocycles. The molecular weight excluding hydrogens is 210 g/mol. The van der Waals surface area contributed by atoms with Gasteiger partial charge in [-0.2, -0.15) is 0 Å². The molecule has 0 saturated carbocycles. The molecule has 0 aromatic rings. The molecular formula is C11H24ClN3. The average Bonchev–Trinajstić information content (AvgIpc) is 2.25. The minimum absolute atomic E-state index is 0.793. The van der Waals surface area contributed by atoms with Crippen molar-refractivity contribution in [2.75, 3.05) is 65.8 Å². The summed E-state index contributed by atoms with van der Waals surface area (Å²) >= 11 is 5.69. The quantitative estimate of drug-likeness (QED) is 0.629. The Morgan fingerprint density at radius 1 is 1.00 bits per heavy atom. The Bertz CT molecular complexity index is 156. The fourth-order valence-corrected chi connectivity index (χ4v) is 1.98. The van der Waals surface area contributed by atoms with E-state index >= 15 is 0 Å². The van der Waals surface area contributed by atoms with Gasteiger partial charge in [-0.15, -0.1) is 11.6 Å². The minimum Gasteiger partial charge on any atom is -0.308 e. The van der Waals surface area contributed by atoms with Gasteiger partial charge in [-0.3, -0.25) is 4.90 Å². The monoisotopic (exact) mass is 233 g/mol. The summed E-state index contributed by atoms with van der Waals surface area (Å²) in [6.45, 7) is 8.41. The molecule has 0 aromatic carbocycles. The summed E-state index contributed by atoms with van der Waals surface area (Å²) in [5.41, 5.74) is 0. The molecule has 4 heteroatoms. The van der Waals surface area contributed by atoms with Crippen molar-refractivity contribution < 1.29 is 0 Å². The van der Waals surface area contributed by atoms with Crippen LogP contribution in [0.3, 0.4) is 0 Å². The molecule has 1 aliphatic heterocycles. The average molecular weight is 234 g/mol. The van der Waals surface area contributed by atoms with Gasteiger partial charge in [0, 0.05) is 45.1 Å². The second kappa shape index (κ2) is 7.44. The molecule has 0 radical (unpaired) electrons. The van der Waals surface area contributed by atoms with E-state index in [1.807, 2.05) is 0 Å². The first-order valence-electron chi connectivity index (χ1n) is 5.88. The van der Waals surface area contributed by atoms with E-state index in [0.717, 1.165) is 12.3 Å². The SMILES string of the molecule is CN(C)CCN1CCN(CCCCl)CC1. The van der Waals surface area contributed by atoms with Crippen LogP contribution in [0.5, 0.6) is 0 Å². The lowest BCUT2D eigenvalue weighted by molar-refractivity contribution is 0.126. The molecule has 3 nitrogen and oxygen atoms in total. The van der Waals surface area contributed by atoms with Crippen LogP contribution in [0.4, 0.5) is 0 Å². The second-order valence-electron chi connectivity index (χ2n) is 4.53. The van der Waals surface area contributed by atoms with Gasteiger partial charge in [-0.1, -0.05) is 0 Å². The fourth-order valence-electron chi connectivity index (χ4n) is 1.86. The van der Waals surface area contributed by atoms with Gasteiger partial charge in [0.2, 0.25) is 0 Å². The van der Waals surface area contributed by atoms with Crippen LogP contribution < -0.4 is 0 Å². The van der Waals surface area contributed by atoms with Crippen LogP contribution in [0.2, 0.25) is 0 Å². The summed E-state index contributed by atoms with van der Waals surface area (Å²) in [7, 11) is 4.27. The van der Waals surface area contributed by atoms with Crippen molar-refractivity contribution in [2.24, 2.45) is 0 Å². The molecule has 0 spiro atoms. The molecule has 0 atom stereocenters. The number of nitrogens with zero attached hydrogens (tertiary/aromatic N) is 3. The molecule has 1 aliphatic rings. The van der Waals surface area contributed by atoms with Gasteiger partial charge in [-0.25, -0.2) is 0 Å². The van der Waals surface area contributed by atoms with Crippen molar-refractivity contribution in [3.8, 4) is 0 Å². The lowest BCUT2D eigenvalue weighted by Gasteiger charge is -2.35. The highest BCUT2D eigenvalue weighted by Crippen LogP contribution is 2.02. The fraction of sp³-hybridized carbons (Fsp3) is 1.00. The summed E-state index contributed by atoms with van der Waals surface area (Å²) in [6, 6.07) is 0. The maximum atomic E-state index is 5.69. The number of likely N-dealkylation sites (N-methyl/N-ethyl adjacent to an activating group) is 1. The molecule has 0 aromatic heterocycles. The highest BCUT2D eigenvalue weighted by molar-refractivity contribution is 6.17. The molecule has 0 amide bonds. The zero-order valence-electron chi connectivity index (χ0n) is 10.1. The zero-order chi connectivity index (χ0) is 11.1. The smallest absolute Gasteiger partial charge is 0.0235 e. The Balaban J connectivity index is 2.07. The highest BCUT2D eigenvalue weighted by atomic mass is 35.5. The van der Waals surface area contributed by atoms with E-state index in [0.29, 0.717) is 0 Å². The second-order valence-corrected chi connectivity index (χ2v) is 4.91. The van der Waals surface area contributed by atoms with E-state index in [4.69, 9.17) is 11.6 Å². The molecule has 15 heavy (non-hydrogen) atoms. The molecule has 1 heterocycles. The topological polar surface area (TPSA) is 9.72 Å². The Kier molecular flexibility index (Phi) is 6.57. The number of hydrogen-bond acceptors (Lipinski definition) is 3. The van der Waals surface area contributed by atoms with Crippen molar-refractivity contribution in [2.45, 2.75) is 6.42 Å². The first kappa shape index (κ1) is 13.2. The van der Waals surface area contributed by atoms with Crippen molar-refractivity contribution in [3.05, 3.63) is 0 Å². The van der Waals surface area contributed by atoms with Gasteiger partial charge in [-0.05, 0) is 27.1 Å². The summed E-state index contributed by atoms with van der Waals surface area (Å²) in [5, 5.41) is 0. The number of hydrogen-bond donors (Lipinski definition) is 0. The third-order valence-corrected chi connectivity index (χ3v) is 3.20. The maximum absolute atomic E-state index is 5.69. The van der Waals surface area contributed by atoms with Gasteiger partial charge >= 0.3 is 0 Å². The van der Waals surface area contributed by atoms with Gasteiger partial charge in [0.15, 0.2) is 0 Å². The molecule has 0 bridgehead atoms.